The average molecular weight is 402 g/mol. The molecule has 3 heterocycles. The highest BCUT2D eigenvalue weighted by Crippen LogP contribution is 2.29. The molecule has 3 N–H and O–H groups in total. The van der Waals surface area contributed by atoms with Crippen LogP contribution in [0.4, 0.5) is 15.2 Å². The monoisotopic (exact) mass is 402 g/mol. The second-order valence-electron chi connectivity index (χ2n) is 6.82. The van der Waals surface area contributed by atoms with E-state index in [0.29, 0.717) is 10.8 Å². The van der Waals surface area contributed by atoms with Crippen molar-refractivity contribution in [3.05, 3.63) is 40.7 Å². The Hall–Kier alpha value is -2.85. The fourth-order valence-corrected chi connectivity index (χ4v) is 4.33. The largest absolute Gasteiger partial charge is 0.368 e. The molecule has 0 saturated heterocycles. The summed E-state index contributed by atoms with van der Waals surface area (Å²) in [6.45, 7) is 1.75. The quantitative estimate of drug-likeness (QED) is 0.803. The minimum atomic E-state index is -0.802. The van der Waals surface area contributed by atoms with Gasteiger partial charge in [0, 0.05) is 30.8 Å². The molecular formula is C18H19FN6O2S. The van der Waals surface area contributed by atoms with Crippen LogP contribution < -0.4 is 16.1 Å². The third kappa shape index (κ3) is 3.60. The Bertz CT molecular complexity index is 957. The number of thiazole rings is 1. The van der Waals surface area contributed by atoms with Crippen LogP contribution in [-0.2, 0) is 22.6 Å². The minimum absolute atomic E-state index is 0.0758. The lowest BCUT2D eigenvalue weighted by molar-refractivity contribution is -0.119. The highest BCUT2D eigenvalue weighted by molar-refractivity contribution is 7.16. The molecule has 28 heavy (non-hydrogen) atoms. The number of nitrogens with one attached hydrogen (secondary N) is 1. The molecule has 0 fully saturated rings. The van der Waals surface area contributed by atoms with Crippen molar-refractivity contribution >= 4 is 39.7 Å². The van der Waals surface area contributed by atoms with Crippen molar-refractivity contribution in [2.45, 2.75) is 25.4 Å². The summed E-state index contributed by atoms with van der Waals surface area (Å²) < 4.78 is 13.2. The summed E-state index contributed by atoms with van der Waals surface area (Å²) in [4.78, 5) is 32.3. The summed E-state index contributed by atoms with van der Waals surface area (Å²) in [5.41, 5.74) is 7.15. The smallest absolute Gasteiger partial charge is 0.273 e. The molecule has 0 aliphatic carbocycles. The van der Waals surface area contributed by atoms with E-state index in [0.717, 1.165) is 30.1 Å². The zero-order chi connectivity index (χ0) is 19.8. The van der Waals surface area contributed by atoms with Crippen molar-refractivity contribution in [1.82, 2.24) is 9.88 Å². The first-order valence-corrected chi connectivity index (χ1v) is 9.62. The molecule has 0 radical (unpaired) electrons. The summed E-state index contributed by atoms with van der Waals surface area (Å²) in [6.07, 6.45) is 0.924. The van der Waals surface area contributed by atoms with Gasteiger partial charge in [-0.15, -0.1) is 11.3 Å². The number of benzene rings is 1. The Kier molecular flexibility index (Phi) is 4.82. The topological polar surface area (TPSA) is 104 Å². The Morgan fingerprint density at radius 2 is 2.07 bits per heavy atom. The number of hydrogen-bond donors (Lipinski definition) is 2. The van der Waals surface area contributed by atoms with Gasteiger partial charge >= 0.3 is 0 Å². The van der Waals surface area contributed by atoms with E-state index in [1.54, 1.807) is 0 Å². The first kappa shape index (κ1) is 18.5. The van der Waals surface area contributed by atoms with Crippen LogP contribution in [0.25, 0.3) is 0 Å². The lowest BCUT2D eigenvalue weighted by atomic mass is 10.1. The molecule has 0 unspecified atom stereocenters. The molecule has 4 rings (SSSR count). The molecular weight excluding hydrogens is 383 g/mol. The Morgan fingerprint density at radius 3 is 2.79 bits per heavy atom. The van der Waals surface area contributed by atoms with Gasteiger partial charge in [0.15, 0.2) is 5.13 Å². The van der Waals surface area contributed by atoms with Crippen molar-refractivity contribution in [3.8, 4) is 0 Å². The van der Waals surface area contributed by atoms with Gasteiger partial charge in [0.05, 0.1) is 11.4 Å². The van der Waals surface area contributed by atoms with Gasteiger partial charge in [-0.3, -0.25) is 19.9 Å². The molecule has 8 nitrogen and oxygen atoms in total. The summed E-state index contributed by atoms with van der Waals surface area (Å²) in [5.74, 6) is -1.43. The zero-order valence-corrected chi connectivity index (χ0v) is 16.0. The van der Waals surface area contributed by atoms with Crippen LogP contribution in [-0.4, -0.2) is 47.0 Å². The van der Waals surface area contributed by atoms with Crippen LogP contribution in [0.5, 0.6) is 0 Å². The molecule has 146 valence electrons. The number of carbonyl (C=O) groups excluding carboxylic acids is 2. The summed E-state index contributed by atoms with van der Waals surface area (Å²) >= 11 is 1.45. The van der Waals surface area contributed by atoms with Gasteiger partial charge in [-0.25, -0.2) is 9.37 Å². The van der Waals surface area contributed by atoms with E-state index in [1.807, 2.05) is 7.05 Å². The summed E-state index contributed by atoms with van der Waals surface area (Å²) in [5, 5.41) is 8.92. The molecule has 1 aromatic carbocycles. The molecule has 2 aromatic rings. The predicted molar refractivity (Wildman–Crippen MR) is 105 cm³/mol. The SMILES string of the molecule is CN1CCc2nc(NC(=O)C3=NN(c4ccc(F)cc4)[C@@H](C(N)=O)C3)sc2C1. The standard InChI is InChI=1S/C18H19FN6O2S/c1-24-7-6-12-15(9-24)28-18(21-12)22-17(27)13-8-14(16(20)26)25(23-13)11-4-2-10(19)3-5-11/h2-5,14H,6-9H2,1H3,(H2,20,26)(H,21,22,27)/t14-/m1/s1. The van der Waals surface area contributed by atoms with Crippen molar-refractivity contribution < 1.29 is 14.0 Å². The van der Waals surface area contributed by atoms with Gasteiger partial charge in [0.2, 0.25) is 5.91 Å². The number of carbonyl (C=O) groups is 2. The molecule has 0 bridgehead atoms. The van der Waals surface area contributed by atoms with E-state index >= 15 is 0 Å². The highest BCUT2D eigenvalue weighted by atomic mass is 32.1. The summed E-state index contributed by atoms with van der Waals surface area (Å²) in [7, 11) is 2.04. The highest BCUT2D eigenvalue weighted by Gasteiger charge is 2.35. The Balaban J connectivity index is 1.53. The van der Waals surface area contributed by atoms with E-state index in [-0.39, 0.29) is 12.1 Å². The zero-order valence-electron chi connectivity index (χ0n) is 15.2. The van der Waals surface area contributed by atoms with E-state index < -0.39 is 23.7 Å². The molecule has 2 aliphatic rings. The van der Waals surface area contributed by atoms with Crippen LogP contribution in [0, 0.1) is 5.82 Å². The third-order valence-corrected chi connectivity index (χ3v) is 5.73. The molecule has 2 amide bonds. The molecule has 10 heteroatoms. The van der Waals surface area contributed by atoms with Crippen molar-refractivity contribution in [2.75, 3.05) is 23.9 Å². The average Bonchev–Trinajstić information content (AvgIpc) is 3.26. The van der Waals surface area contributed by atoms with E-state index in [9.17, 15) is 14.0 Å². The van der Waals surface area contributed by atoms with Crippen LogP contribution in [0.3, 0.4) is 0 Å². The maximum Gasteiger partial charge on any atom is 0.273 e. The number of nitrogens with zero attached hydrogens (tertiary/aromatic N) is 4. The number of hydrazone groups is 1. The maximum absolute atomic E-state index is 13.2. The lowest BCUT2D eigenvalue weighted by Gasteiger charge is -2.20. The van der Waals surface area contributed by atoms with Crippen molar-refractivity contribution in [2.24, 2.45) is 10.8 Å². The van der Waals surface area contributed by atoms with Gasteiger partial charge in [0.25, 0.3) is 5.91 Å². The minimum Gasteiger partial charge on any atom is -0.368 e. The van der Waals surface area contributed by atoms with Gasteiger partial charge in [0.1, 0.15) is 17.6 Å². The molecule has 0 saturated carbocycles. The Morgan fingerprint density at radius 1 is 1.32 bits per heavy atom. The van der Waals surface area contributed by atoms with Gasteiger partial charge in [-0.05, 0) is 31.3 Å². The van der Waals surface area contributed by atoms with E-state index in [4.69, 9.17) is 5.73 Å². The van der Waals surface area contributed by atoms with Crippen LogP contribution in [0.15, 0.2) is 29.4 Å². The first-order valence-electron chi connectivity index (χ1n) is 8.81. The predicted octanol–water partition coefficient (Wildman–Crippen LogP) is 1.33. The second-order valence-corrected chi connectivity index (χ2v) is 7.90. The van der Waals surface area contributed by atoms with Crippen molar-refractivity contribution in [1.29, 1.82) is 0 Å². The number of primary amides is 1. The van der Waals surface area contributed by atoms with Gasteiger partial charge in [-0.2, -0.15) is 5.10 Å². The fourth-order valence-electron chi connectivity index (χ4n) is 3.25. The number of halogens is 1. The van der Waals surface area contributed by atoms with Crippen LogP contribution in [0.2, 0.25) is 0 Å². The second kappa shape index (κ2) is 7.28. The number of likely N-dealkylation sites (N-methyl/N-ethyl adjacent to an activating group) is 1. The van der Waals surface area contributed by atoms with E-state index in [1.165, 1.54) is 40.6 Å². The van der Waals surface area contributed by atoms with Gasteiger partial charge < -0.3 is 10.6 Å². The number of fused-ring (bicyclic) bond motifs is 1. The van der Waals surface area contributed by atoms with Gasteiger partial charge in [-0.1, -0.05) is 0 Å². The summed E-state index contributed by atoms with van der Waals surface area (Å²) in [6, 6.07) is 4.70. The fraction of sp³-hybridized carbons (Fsp3) is 0.333. The van der Waals surface area contributed by atoms with E-state index in [2.05, 4.69) is 20.3 Å². The molecule has 1 aromatic heterocycles. The first-order chi connectivity index (χ1) is 13.4. The number of amides is 2. The van der Waals surface area contributed by atoms with Crippen LogP contribution in [0.1, 0.15) is 17.0 Å². The molecule has 0 spiro atoms. The third-order valence-electron chi connectivity index (χ3n) is 4.73. The molecule has 1 atom stereocenters. The number of rotatable bonds is 4. The van der Waals surface area contributed by atoms with Crippen molar-refractivity contribution in [3.63, 3.8) is 0 Å². The Labute approximate surface area is 164 Å². The maximum atomic E-state index is 13.2. The number of nitrogens with two attached hydrogens (primary N) is 1. The number of hydrogen-bond acceptors (Lipinski definition) is 7. The van der Waals surface area contributed by atoms with Crippen LogP contribution >= 0.6 is 11.3 Å². The lowest BCUT2D eigenvalue weighted by Crippen LogP contribution is -2.39. The normalized spacial score (nSPS) is 19.3. The molecule has 2 aliphatic heterocycles. The number of aromatic nitrogens is 1. The number of anilines is 2.